The van der Waals surface area contributed by atoms with Gasteiger partial charge in [0.2, 0.25) is 0 Å². The maximum absolute atomic E-state index is 11.7. The number of hydrogen-bond acceptors (Lipinski definition) is 6. The van der Waals surface area contributed by atoms with Crippen LogP contribution in [0.3, 0.4) is 0 Å². The Morgan fingerprint density at radius 3 is 2.84 bits per heavy atom. The van der Waals surface area contributed by atoms with Gasteiger partial charge in [0.1, 0.15) is 24.4 Å². The van der Waals surface area contributed by atoms with Gasteiger partial charge in [-0.3, -0.25) is 14.3 Å². The largest absolute Gasteiger partial charge is 0.394 e. The number of aromatic nitrogens is 2. The lowest BCUT2D eigenvalue weighted by atomic mass is 10.1. The standard InChI is InChI=1S/C10H13ClN2O6/c11-4-18-8-7(16)5(3-14)19-9(8)13-2-1-6(15)12-10(13)17/h1-2,5,7-9,14,16H,3-4H2,(H,12,15,17)/t5-,7?,8?,9-/m0/s1. The van der Waals surface area contributed by atoms with Gasteiger partial charge in [0, 0.05) is 12.3 Å². The van der Waals surface area contributed by atoms with Gasteiger partial charge in [0.25, 0.3) is 5.56 Å². The summed E-state index contributed by atoms with van der Waals surface area (Å²) in [5.41, 5.74) is -1.25. The maximum Gasteiger partial charge on any atom is 0.330 e. The minimum atomic E-state index is -1.13. The highest BCUT2D eigenvalue weighted by atomic mass is 35.5. The van der Waals surface area contributed by atoms with Crippen molar-refractivity contribution in [1.82, 2.24) is 9.55 Å². The summed E-state index contributed by atoms with van der Waals surface area (Å²) in [5.74, 6) is 0. The normalized spacial score (nSPS) is 30.7. The van der Waals surface area contributed by atoms with Crippen LogP contribution >= 0.6 is 11.6 Å². The first-order valence-electron chi connectivity index (χ1n) is 5.52. The Kier molecular flexibility index (Phi) is 4.38. The number of hydrogen-bond donors (Lipinski definition) is 3. The molecule has 2 unspecified atom stereocenters. The highest BCUT2D eigenvalue weighted by Crippen LogP contribution is 2.30. The molecule has 0 spiro atoms. The predicted octanol–water partition coefficient (Wildman–Crippen LogP) is -1.63. The molecule has 0 aliphatic carbocycles. The molecule has 1 aliphatic rings. The zero-order valence-electron chi connectivity index (χ0n) is 9.73. The summed E-state index contributed by atoms with van der Waals surface area (Å²) in [4.78, 5) is 24.7. The van der Waals surface area contributed by atoms with E-state index in [2.05, 4.69) is 4.98 Å². The van der Waals surface area contributed by atoms with Crippen molar-refractivity contribution in [2.45, 2.75) is 24.5 Å². The average Bonchev–Trinajstić information content (AvgIpc) is 2.68. The zero-order chi connectivity index (χ0) is 14.0. The molecule has 3 N–H and O–H groups in total. The predicted molar refractivity (Wildman–Crippen MR) is 63.9 cm³/mol. The summed E-state index contributed by atoms with van der Waals surface area (Å²) in [7, 11) is 0. The molecule has 8 nitrogen and oxygen atoms in total. The Balaban J connectivity index is 2.36. The van der Waals surface area contributed by atoms with Crippen LogP contribution in [0.5, 0.6) is 0 Å². The van der Waals surface area contributed by atoms with E-state index in [1.807, 2.05) is 0 Å². The van der Waals surface area contributed by atoms with Crippen LogP contribution in [0.1, 0.15) is 6.23 Å². The molecule has 0 radical (unpaired) electrons. The van der Waals surface area contributed by atoms with E-state index in [1.165, 1.54) is 6.20 Å². The van der Waals surface area contributed by atoms with Gasteiger partial charge in [-0.25, -0.2) is 4.79 Å². The lowest BCUT2D eigenvalue weighted by Gasteiger charge is -2.20. The highest BCUT2D eigenvalue weighted by Gasteiger charge is 2.45. The molecule has 0 aromatic carbocycles. The minimum absolute atomic E-state index is 0.210. The van der Waals surface area contributed by atoms with E-state index in [-0.39, 0.29) is 6.07 Å². The Bertz CT molecular complexity index is 543. The second-order valence-electron chi connectivity index (χ2n) is 4.00. The van der Waals surface area contributed by atoms with Gasteiger partial charge in [0.15, 0.2) is 6.23 Å². The fraction of sp³-hybridized carbons (Fsp3) is 0.600. The van der Waals surface area contributed by atoms with Crippen LogP contribution in [0.25, 0.3) is 0 Å². The van der Waals surface area contributed by atoms with E-state index >= 15 is 0 Å². The van der Waals surface area contributed by atoms with E-state index < -0.39 is 42.4 Å². The molecule has 9 heteroatoms. The third-order valence-corrected chi connectivity index (χ3v) is 3.00. The molecule has 0 saturated carbocycles. The van der Waals surface area contributed by atoms with E-state index in [9.17, 15) is 14.7 Å². The van der Waals surface area contributed by atoms with Crippen LogP contribution in [0.4, 0.5) is 0 Å². The average molecular weight is 293 g/mol. The monoisotopic (exact) mass is 292 g/mol. The number of aromatic amines is 1. The van der Waals surface area contributed by atoms with E-state index in [0.29, 0.717) is 0 Å². The van der Waals surface area contributed by atoms with Crippen molar-refractivity contribution in [3.63, 3.8) is 0 Å². The maximum atomic E-state index is 11.7. The fourth-order valence-corrected chi connectivity index (χ4v) is 2.12. The van der Waals surface area contributed by atoms with E-state index in [4.69, 9.17) is 26.2 Å². The number of aliphatic hydroxyl groups is 2. The first kappa shape index (κ1) is 14.2. The number of alkyl halides is 1. The molecule has 19 heavy (non-hydrogen) atoms. The molecule has 4 atom stereocenters. The summed E-state index contributed by atoms with van der Waals surface area (Å²) in [6, 6.07) is 0.930. The molecule has 0 bridgehead atoms. The second kappa shape index (κ2) is 5.85. The number of rotatable bonds is 4. The van der Waals surface area contributed by atoms with E-state index in [0.717, 1.165) is 10.6 Å². The van der Waals surface area contributed by atoms with Gasteiger partial charge < -0.3 is 19.7 Å². The van der Waals surface area contributed by atoms with Gasteiger partial charge in [-0.15, -0.1) is 0 Å². The van der Waals surface area contributed by atoms with Crippen molar-refractivity contribution in [3.8, 4) is 0 Å². The molecule has 1 aromatic rings. The summed E-state index contributed by atoms with van der Waals surface area (Å²) < 4.78 is 11.5. The quantitative estimate of drug-likeness (QED) is 0.574. The smallest absolute Gasteiger partial charge is 0.330 e. The first-order valence-corrected chi connectivity index (χ1v) is 6.05. The summed E-state index contributed by atoms with van der Waals surface area (Å²) in [6.45, 7) is -0.433. The Morgan fingerprint density at radius 2 is 2.26 bits per heavy atom. The van der Waals surface area contributed by atoms with Crippen molar-refractivity contribution in [2.75, 3.05) is 12.7 Å². The minimum Gasteiger partial charge on any atom is -0.394 e. The molecule has 1 fully saturated rings. The zero-order valence-corrected chi connectivity index (χ0v) is 10.5. The van der Waals surface area contributed by atoms with E-state index in [1.54, 1.807) is 0 Å². The number of H-pyrrole nitrogens is 1. The number of halogens is 1. The van der Waals surface area contributed by atoms with Crippen LogP contribution in [-0.4, -0.2) is 50.7 Å². The molecule has 1 saturated heterocycles. The van der Waals surface area contributed by atoms with Crippen LogP contribution in [0.15, 0.2) is 21.9 Å². The van der Waals surface area contributed by atoms with Crippen LogP contribution < -0.4 is 11.2 Å². The topological polar surface area (TPSA) is 114 Å². The molecule has 0 amide bonds. The molecule has 1 aromatic heterocycles. The van der Waals surface area contributed by atoms with Gasteiger partial charge in [-0.2, -0.15) is 0 Å². The van der Waals surface area contributed by atoms with Crippen LogP contribution in [0, 0.1) is 0 Å². The van der Waals surface area contributed by atoms with Crippen molar-refractivity contribution in [1.29, 1.82) is 0 Å². The second-order valence-corrected chi connectivity index (χ2v) is 4.21. The number of ether oxygens (including phenoxy) is 2. The summed E-state index contributed by atoms with van der Waals surface area (Å²) in [6.07, 6.45) is -2.69. The fourth-order valence-electron chi connectivity index (χ4n) is 1.97. The lowest BCUT2D eigenvalue weighted by molar-refractivity contribution is -0.0656. The summed E-state index contributed by atoms with van der Waals surface area (Å²) >= 11 is 5.46. The number of nitrogens with zero attached hydrogens (tertiary/aromatic N) is 1. The Hall–Kier alpha value is -1.19. The highest BCUT2D eigenvalue weighted by molar-refractivity contribution is 6.17. The van der Waals surface area contributed by atoms with Crippen molar-refractivity contribution < 1.29 is 19.7 Å². The lowest BCUT2D eigenvalue weighted by Crippen LogP contribution is -2.39. The molecule has 2 heterocycles. The van der Waals surface area contributed by atoms with Gasteiger partial charge in [-0.05, 0) is 0 Å². The van der Waals surface area contributed by atoms with Crippen molar-refractivity contribution in [2.24, 2.45) is 0 Å². The van der Waals surface area contributed by atoms with Crippen molar-refractivity contribution >= 4 is 11.6 Å². The Labute approximate surface area is 112 Å². The number of nitrogens with one attached hydrogen (secondary N) is 1. The van der Waals surface area contributed by atoms with Crippen LogP contribution in [-0.2, 0) is 9.47 Å². The molecular weight excluding hydrogens is 280 g/mol. The Morgan fingerprint density at radius 1 is 1.53 bits per heavy atom. The van der Waals surface area contributed by atoms with Gasteiger partial charge in [0.05, 0.1) is 6.61 Å². The third-order valence-electron chi connectivity index (χ3n) is 2.87. The number of aliphatic hydroxyl groups excluding tert-OH is 2. The summed E-state index contributed by atoms with van der Waals surface area (Å²) in [5, 5.41) is 19.0. The molecule has 1 aliphatic heterocycles. The third kappa shape index (κ3) is 2.72. The molecule has 2 rings (SSSR count). The SMILES string of the molecule is O=c1ccn([C@H]2O[C@@H](CO)C(O)C2OCCl)c(=O)[nH]1. The van der Waals surface area contributed by atoms with Gasteiger partial charge in [-0.1, -0.05) is 11.6 Å². The van der Waals surface area contributed by atoms with Crippen molar-refractivity contribution in [3.05, 3.63) is 33.1 Å². The van der Waals surface area contributed by atoms with Crippen LogP contribution in [0.2, 0.25) is 0 Å². The van der Waals surface area contributed by atoms with Gasteiger partial charge >= 0.3 is 5.69 Å². The first-order chi connectivity index (χ1) is 9.08. The molecule has 106 valence electrons. The molecular formula is C10H13ClN2O6.